The molecular weight excluding hydrogens is 294 g/mol. The molecule has 2 amide bonds. The molecule has 120 valence electrons. The highest BCUT2D eigenvalue weighted by Crippen LogP contribution is 2.40. The van der Waals surface area contributed by atoms with Crippen LogP contribution in [0.25, 0.3) is 0 Å². The van der Waals surface area contributed by atoms with E-state index in [1.54, 1.807) is 13.0 Å². The van der Waals surface area contributed by atoms with Gasteiger partial charge in [-0.25, -0.2) is 0 Å². The van der Waals surface area contributed by atoms with E-state index >= 15 is 0 Å². The third-order valence-corrected chi connectivity index (χ3v) is 3.83. The molecule has 1 aromatic carbocycles. The minimum atomic E-state index is -0.307. The topological polar surface area (TPSA) is 84.2 Å². The Hall–Kier alpha value is -2.63. The highest BCUT2D eigenvalue weighted by molar-refractivity contribution is 6.03. The van der Waals surface area contributed by atoms with Crippen molar-refractivity contribution in [2.75, 3.05) is 10.6 Å². The Morgan fingerprint density at radius 2 is 1.61 bits per heavy atom. The van der Waals surface area contributed by atoms with Crippen LogP contribution < -0.4 is 10.6 Å². The summed E-state index contributed by atoms with van der Waals surface area (Å²) in [5.41, 5.74) is 2.95. The first kappa shape index (κ1) is 15.3. The number of nitrogens with zero attached hydrogens (tertiary/aromatic N) is 1. The second-order valence-electron chi connectivity index (χ2n) is 6.13. The zero-order chi connectivity index (χ0) is 16.6. The van der Waals surface area contributed by atoms with Crippen molar-refractivity contribution in [2.24, 2.45) is 11.8 Å². The summed E-state index contributed by atoms with van der Waals surface area (Å²) in [6.45, 7) is 5.71. The summed E-state index contributed by atoms with van der Waals surface area (Å²) in [5, 5.41) is 9.27. The highest BCUT2D eigenvalue weighted by atomic mass is 16.5. The molecule has 1 heterocycles. The van der Waals surface area contributed by atoms with Gasteiger partial charge in [0.2, 0.25) is 11.8 Å². The van der Waals surface area contributed by atoms with Crippen LogP contribution in [0.3, 0.4) is 0 Å². The average Bonchev–Trinajstić information content (AvgIpc) is 3.16. The predicted octanol–water partition coefficient (Wildman–Crippen LogP) is 2.81. The highest BCUT2D eigenvalue weighted by Gasteiger charge is 2.48. The smallest absolute Gasteiger partial charge is 0.229 e. The maximum absolute atomic E-state index is 12.2. The normalized spacial score (nSPS) is 19.3. The van der Waals surface area contributed by atoms with E-state index in [1.165, 1.54) is 0 Å². The van der Waals surface area contributed by atoms with Crippen molar-refractivity contribution in [3.63, 3.8) is 0 Å². The summed E-state index contributed by atoms with van der Waals surface area (Å²) in [5.74, 6) is 0.0974. The molecule has 2 aromatic rings. The first-order valence-electron chi connectivity index (χ1n) is 7.56. The van der Waals surface area contributed by atoms with E-state index in [2.05, 4.69) is 15.8 Å². The lowest BCUT2D eigenvalue weighted by Crippen LogP contribution is -2.20. The number of nitrogens with one attached hydrogen (secondary N) is 2. The quantitative estimate of drug-likeness (QED) is 0.909. The summed E-state index contributed by atoms with van der Waals surface area (Å²) in [4.78, 5) is 24.3. The second-order valence-corrected chi connectivity index (χ2v) is 6.13. The summed E-state index contributed by atoms with van der Waals surface area (Å²) < 4.78 is 4.90. The van der Waals surface area contributed by atoms with E-state index in [4.69, 9.17) is 4.52 Å². The molecule has 0 saturated heterocycles. The molecule has 1 aromatic heterocycles. The molecule has 23 heavy (non-hydrogen) atoms. The van der Waals surface area contributed by atoms with Gasteiger partial charge in [0.25, 0.3) is 0 Å². The Morgan fingerprint density at radius 3 is 2.17 bits per heavy atom. The fourth-order valence-electron chi connectivity index (χ4n) is 2.70. The number of benzene rings is 1. The van der Waals surface area contributed by atoms with Gasteiger partial charge in [-0.15, -0.1) is 0 Å². The van der Waals surface area contributed by atoms with Gasteiger partial charge in [-0.3, -0.25) is 9.59 Å². The number of rotatable bonds is 4. The molecule has 2 N–H and O–H groups in total. The van der Waals surface area contributed by atoms with Crippen LogP contribution in [-0.2, 0) is 9.59 Å². The molecule has 2 unspecified atom stereocenters. The number of carbonyl (C=O) groups excluding carboxylic acids is 2. The first-order valence-corrected chi connectivity index (χ1v) is 7.56. The zero-order valence-electron chi connectivity index (χ0n) is 13.3. The summed E-state index contributed by atoms with van der Waals surface area (Å²) >= 11 is 0. The van der Waals surface area contributed by atoms with Gasteiger partial charge in [-0.05, 0) is 50.5 Å². The SMILES string of the molecule is Cc1cc(C)cc(NC(=O)C2CC2C(=O)Nc2cc(C)on2)c1. The monoisotopic (exact) mass is 313 g/mol. The molecule has 2 atom stereocenters. The second kappa shape index (κ2) is 5.87. The van der Waals surface area contributed by atoms with Gasteiger partial charge in [0.05, 0.1) is 11.8 Å². The first-order chi connectivity index (χ1) is 10.9. The van der Waals surface area contributed by atoms with E-state index in [0.29, 0.717) is 18.0 Å². The molecule has 1 saturated carbocycles. The van der Waals surface area contributed by atoms with Crippen LogP contribution in [0, 0.1) is 32.6 Å². The van der Waals surface area contributed by atoms with Crippen LogP contribution in [0.2, 0.25) is 0 Å². The summed E-state index contributed by atoms with van der Waals surface area (Å²) in [7, 11) is 0. The minimum Gasteiger partial charge on any atom is -0.360 e. The fourth-order valence-corrected chi connectivity index (χ4v) is 2.70. The van der Waals surface area contributed by atoms with Crippen LogP contribution in [0.15, 0.2) is 28.8 Å². The Bertz CT molecular complexity index is 746. The largest absolute Gasteiger partial charge is 0.360 e. The van der Waals surface area contributed by atoms with Gasteiger partial charge in [0.1, 0.15) is 5.76 Å². The Balaban J connectivity index is 1.57. The van der Waals surface area contributed by atoms with Crippen LogP contribution in [0.1, 0.15) is 23.3 Å². The molecule has 6 nitrogen and oxygen atoms in total. The number of aromatic nitrogens is 1. The van der Waals surface area contributed by atoms with Gasteiger partial charge in [0.15, 0.2) is 5.82 Å². The van der Waals surface area contributed by atoms with Gasteiger partial charge in [-0.1, -0.05) is 11.2 Å². The molecule has 0 radical (unpaired) electrons. The zero-order valence-corrected chi connectivity index (χ0v) is 13.3. The molecule has 1 fully saturated rings. The Morgan fingerprint density at radius 1 is 1.00 bits per heavy atom. The van der Waals surface area contributed by atoms with Crippen molar-refractivity contribution in [1.82, 2.24) is 5.16 Å². The standard InChI is InChI=1S/C17H19N3O3/c1-9-4-10(2)6-12(5-9)18-16(21)13-8-14(13)17(22)19-15-7-11(3)23-20-15/h4-7,13-14H,8H2,1-3H3,(H,18,21)(H,19,20,22). The molecular formula is C17H19N3O3. The number of amides is 2. The molecule has 3 rings (SSSR count). The predicted molar refractivity (Wildman–Crippen MR) is 86.0 cm³/mol. The molecule has 0 spiro atoms. The van der Waals surface area contributed by atoms with E-state index in [1.807, 2.05) is 32.0 Å². The van der Waals surface area contributed by atoms with E-state index in [-0.39, 0.29) is 23.7 Å². The number of hydrogen-bond donors (Lipinski definition) is 2. The third kappa shape index (κ3) is 3.59. The number of aryl methyl sites for hydroxylation is 3. The average molecular weight is 313 g/mol. The van der Waals surface area contributed by atoms with Crippen molar-refractivity contribution in [3.8, 4) is 0 Å². The van der Waals surface area contributed by atoms with E-state index in [9.17, 15) is 9.59 Å². The maximum atomic E-state index is 12.2. The summed E-state index contributed by atoms with van der Waals surface area (Å²) in [6.07, 6.45) is 0.555. The lowest BCUT2D eigenvalue weighted by Gasteiger charge is -2.07. The van der Waals surface area contributed by atoms with Crippen molar-refractivity contribution in [1.29, 1.82) is 0 Å². The van der Waals surface area contributed by atoms with Crippen LogP contribution in [0.5, 0.6) is 0 Å². The van der Waals surface area contributed by atoms with Gasteiger partial charge >= 0.3 is 0 Å². The van der Waals surface area contributed by atoms with Crippen LogP contribution in [0.4, 0.5) is 11.5 Å². The Labute approximate surface area is 134 Å². The van der Waals surface area contributed by atoms with Crippen molar-refractivity contribution in [2.45, 2.75) is 27.2 Å². The van der Waals surface area contributed by atoms with Crippen molar-refractivity contribution < 1.29 is 14.1 Å². The fraction of sp³-hybridized carbons (Fsp3) is 0.353. The number of hydrogen-bond acceptors (Lipinski definition) is 4. The van der Waals surface area contributed by atoms with Gasteiger partial charge in [-0.2, -0.15) is 0 Å². The third-order valence-electron chi connectivity index (χ3n) is 3.83. The minimum absolute atomic E-state index is 0.119. The maximum Gasteiger partial charge on any atom is 0.229 e. The molecule has 6 heteroatoms. The summed E-state index contributed by atoms with van der Waals surface area (Å²) in [6, 6.07) is 7.52. The van der Waals surface area contributed by atoms with Crippen LogP contribution >= 0.6 is 0 Å². The molecule has 1 aliphatic carbocycles. The van der Waals surface area contributed by atoms with Crippen molar-refractivity contribution >= 4 is 23.3 Å². The Kier molecular flexibility index (Phi) is 3.90. The number of carbonyl (C=O) groups is 2. The lowest BCUT2D eigenvalue weighted by atomic mass is 10.1. The van der Waals surface area contributed by atoms with E-state index in [0.717, 1.165) is 16.8 Å². The van der Waals surface area contributed by atoms with Crippen LogP contribution in [-0.4, -0.2) is 17.0 Å². The number of anilines is 2. The molecule has 0 bridgehead atoms. The lowest BCUT2D eigenvalue weighted by molar-refractivity contribution is -0.122. The van der Waals surface area contributed by atoms with Gasteiger partial charge in [0, 0.05) is 11.8 Å². The van der Waals surface area contributed by atoms with Crippen molar-refractivity contribution in [3.05, 3.63) is 41.2 Å². The molecule has 0 aliphatic heterocycles. The van der Waals surface area contributed by atoms with E-state index < -0.39 is 0 Å². The van der Waals surface area contributed by atoms with Gasteiger partial charge < -0.3 is 15.2 Å². The molecule has 1 aliphatic rings.